The van der Waals surface area contributed by atoms with E-state index in [1.54, 1.807) is 0 Å². The molecule has 2 aromatic carbocycles. The topological polar surface area (TPSA) is 60.8 Å². The highest BCUT2D eigenvalue weighted by Gasteiger charge is 2.62. The van der Waals surface area contributed by atoms with Gasteiger partial charge < -0.3 is 10.2 Å². The lowest BCUT2D eigenvalue weighted by atomic mass is 9.43. The Kier molecular flexibility index (Phi) is 7.63. The minimum absolute atomic E-state index is 0.161. The van der Waals surface area contributed by atoms with E-state index in [9.17, 15) is 15.0 Å². The predicted molar refractivity (Wildman–Crippen MR) is 161 cm³/mol. The van der Waals surface area contributed by atoms with Gasteiger partial charge in [-0.3, -0.25) is 9.69 Å². The monoisotopic (exact) mass is 543 g/mol. The lowest BCUT2D eigenvalue weighted by molar-refractivity contribution is -0.174. The number of hydrogen-bond donors (Lipinski definition) is 2. The molecule has 1 amide bonds. The first kappa shape index (κ1) is 28.0. The maximum absolute atomic E-state index is 13.7. The molecule has 0 aromatic heterocycles. The molecule has 2 aromatic rings. The third kappa shape index (κ3) is 4.73. The zero-order chi connectivity index (χ0) is 28.1. The van der Waals surface area contributed by atoms with Crippen LogP contribution in [-0.4, -0.2) is 28.3 Å². The van der Waals surface area contributed by atoms with E-state index in [0.29, 0.717) is 41.9 Å². The third-order valence-corrected chi connectivity index (χ3v) is 12.5. The van der Waals surface area contributed by atoms with Crippen LogP contribution in [0.4, 0.5) is 11.4 Å². The average Bonchev–Trinajstić information content (AvgIpc) is 3.31. The predicted octanol–water partition coefficient (Wildman–Crippen LogP) is 7.76. The molecule has 0 radical (unpaired) electrons. The van der Waals surface area contributed by atoms with Gasteiger partial charge in [0, 0.05) is 17.8 Å². The Hall–Kier alpha value is -2.17. The van der Waals surface area contributed by atoms with Crippen LogP contribution in [0.2, 0.25) is 0 Å². The molecular weight excluding hydrogens is 494 g/mol. The van der Waals surface area contributed by atoms with Gasteiger partial charge in [0.05, 0.1) is 12.2 Å². The van der Waals surface area contributed by atoms with Gasteiger partial charge in [0.25, 0.3) is 0 Å². The molecule has 4 saturated carbocycles. The van der Waals surface area contributed by atoms with E-state index in [1.165, 1.54) is 25.7 Å². The van der Waals surface area contributed by atoms with Crippen LogP contribution in [0.5, 0.6) is 0 Å². The molecule has 4 heteroatoms. The zero-order valence-electron chi connectivity index (χ0n) is 24.7. The second-order valence-corrected chi connectivity index (χ2v) is 14.4. The van der Waals surface area contributed by atoms with Crippen molar-refractivity contribution < 1.29 is 15.0 Å². The molecule has 2 N–H and O–H groups in total. The summed E-state index contributed by atoms with van der Waals surface area (Å²) in [6.45, 7) is 7.39. The molecule has 10 atom stereocenters. The molecule has 0 saturated heterocycles. The highest BCUT2D eigenvalue weighted by molar-refractivity contribution is 6.00. The summed E-state index contributed by atoms with van der Waals surface area (Å²) in [5.74, 6) is 3.22. The van der Waals surface area contributed by atoms with E-state index >= 15 is 0 Å². The molecule has 0 spiro atoms. The maximum atomic E-state index is 13.7. The van der Waals surface area contributed by atoms with Crippen molar-refractivity contribution in [1.29, 1.82) is 0 Å². The average molecular weight is 544 g/mol. The molecule has 0 heterocycles. The summed E-state index contributed by atoms with van der Waals surface area (Å²) in [6.07, 6.45) is 9.65. The van der Waals surface area contributed by atoms with E-state index in [4.69, 9.17) is 0 Å². The van der Waals surface area contributed by atoms with Crippen molar-refractivity contribution in [3.8, 4) is 0 Å². The van der Waals surface area contributed by atoms with Gasteiger partial charge in [-0.05, 0) is 128 Å². The molecule has 0 bridgehead atoms. The standard InChI is InChI=1S/C36H49NO3/c1-24(14-17-33(40)37(26-10-6-4-7-11-26)27-12-8-5-9-13-27)29-15-16-30-34-31(19-21-36(29,30)3)35(2)20-18-28(38)22-25(35)23-32(34)39/h4-13,24-25,28-32,34,38-39H,14-23H2,1-3H3/t24-,25+,28-,29-,30+,31+,32+,34+,35+,36-/m1/s1. The van der Waals surface area contributed by atoms with Crippen LogP contribution >= 0.6 is 0 Å². The van der Waals surface area contributed by atoms with Gasteiger partial charge in [-0.2, -0.15) is 0 Å². The van der Waals surface area contributed by atoms with Crippen molar-refractivity contribution in [1.82, 2.24) is 0 Å². The van der Waals surface area contributed by atoms with Crippen molar-refractivity contribution in [3.05, 3.63) is 60.7 Å². The van der Waals surface area contributed by atoms with Gasteiger partial charge >= 0.3 is 0 Å². The van der Waals surface area contributed by atoms with Crippen molar-refractivity contribution in [2.75, 3.05) is 4.90 Å². The minimum atomic E-state index is -0.237. The first-order valence-electron chi connectivity index (χ1n) is 16.0. The molecule has 0 unspecified atom stereocenters. The molecule has 40 heavy (non-hydrogen) atoms. The van der Waals surface area contributed by atoms with Crippen molar-refractivity contribution in [3.63, 3.8) is 0 Å². The van der Waals surface area contributed by atoms with Crippen molar-refractivity contribution >= 4 is 17.3 Å². The van der Waals surface area contributed by atoms with E-state index < -0.39 is 0 Å². The molecule has 4 aliphatic rings. The van der Waals surface area contributed by atoms with Gasteiger partial charge in [0.2, 0.25) is 5.91 Å². The smallest absolute Gasteiger partial charge is 0.231 e. The number of carbonyl (C=O) groups is 1. The Morgan fingerprint density at radius 3 is 2.10 bits per heavy atom. The number of rotatable bonds is 6. The first-order valence-corrected chi connectivity index (χ1v) is 16.0. The Morgan fingerprint density at radius 1 is 0.850 bits per heavy atom. The number of para-hydroxylation sites is 2. The number of hydrogen-bond acceptors (Lipinski definition) is 3. The SMILES string of the molecule is C[C@H](CCC(=O)N(c1ccccc1)c1ccccc1)[C@H]1CC[C@H]2[C@@H]3[C@@H](O)C[C@@H]4C[C@H](O)CC[C@]4(C)[C@H]3CC[C@]12C. The second kappa shape index (κ2) is 10.9. The molecule has 6 rings (SSSR count). The van der Waals surface area contributed by atoms with Crippen LogP contribution in [0, 0.1) is 46.3 Å². The highest BCUT2D eigenvalue weighted by atomic mass is 16.3. The summed E-state index contributed by atoms with van der Waals surface area (Å²) < 4.78 is 0. The van der Waals surface area contributed by atoms with Gasteiger partial charge in [-0.25, -0.2) is 0 Å². The van der Waals surface area contributed by atoms with Gasteiger partial charge in [-0.15, -0.1) is 0 Å². The number of fused-ring (bicyclic) bond motifs is 5. The molecule has 4 nitrogen and oxygen atoms in total. The lowest BCUT2D eigenvalue weighted by Gasteiger charge is -2.62. The third-order valence-electron chi connectivity index (χ3n) is 12.5. The normalized spacial score (nSPS) is 39.5. The number of amides is 1. The Morgan fingerprint density at radius 2 is 1.45 bits per heavy atom. The van der Waals surface area contributed by atoms with Crippen molar-refractivity contribution in [2.24, 2.45) is 46.3 Å². The largest absolute Gasteiger partial charge is 0.393 e. The molecule has 216 valence electrons. The zero-order valence-corrected chi connectivity index (χ0v) is 24.7. The summed E-state index contributed by atoms with van der Waals surface area (Å²) >= 11 is 0. The van der Waals surface area contributed by atoms with Crippen LogP contribution in [0.3, 0.4) is 0 Å². The number of benzene rings is 2. The minimum Gasteiger partial charge on any atom is -0.393 e. The van der Waals surface area contributed by atoms with Crippen LogP contribution in [-0.2, 0) is 4.79 Å². The van der Waals surface area contributed by atoms with E-state index in [2.05, 4.69) is 20.8 Å². The van der Waals surface area contributed by atoms with Crippen LogP contribution < -0.4 is 4.90 Å². The molecule has 4 fully saturated rings. The first-order chi connectivity index (χ1) is 19.2. The van der Waals surface area contributed by atoms with E-state index in [-0.39, 0.29) is 28.9 Å². The van der Waals surface area contributed by atoms with Gasteiger partial charge in [-0.1, -0.05) is 57.2 Å². The van der Waals surface area contributed by atoms with Gasteiger partial charge in [0.15, 0.2) is 0 Å². The Balaban J connectivity index is 1.16. The van der Waals surface area contributed by atoms with Gasteiger partial charge in [0.1, 0.15) is 0 Å². The molecular formula is C36H49NO3. The summed E-state index contributed by atoms with van der Waals surface area (Å²) in [7, 11) is 0. The number of aliphatic hydroxyl groups excluding tert-OH is 2. The van der Waals surface area contributed by atoms with Crippen LogP contribution in [0.25, 0.3) is 0 Å². The summed E-state index contributed by atoms with van der Waals surface area (Å²) in [5, 5.41) is 21.9. The van der Waals surface area contributed by atoms with E-state index in [0.717, 1.165) is 43.5 Å². The fourth-order valence-corrected chi connectivity index (χ4v) is 10.4. The van der Waals surface area contributed by atoms with Crippen molar-refractivity contribution in [2.45, 2.75) is 97.2 Å². The number of anilines is 2. The van der Waals surface area contributed by atoms with Crippen LogP contribution in [0.1, 0.15) is 85.0 Å². The molecule has 0 aliphatic heterocycles. The highest BCUT2D eigenvalue weighted by Crippen LogP contribution is 2.68. The number of aliphatic hydroxyl groups is 2. The fourth-order valence-electron chi connectivity index (χ4n) is 10.4. The number of carbonyl (C=O) groups excluding carboxylic acids is 1. The Labute approximate surface area is 241 Å². The number of nitrogens with zero attached hydrogens (tertiary/aromatic N) is 1. The maximum Gasteiger partial charge on any atom is 0.231 e. The lowest BCUT2D eigenvalue weighted by Crippen LogP contribution is -2.58. The summed E-state index contributed by atoms with van der Waals surface area (Å²) in [6, 6.07) is 20.0. The Bertz CT molecular complexity index is 1130. The van der Waals surface area contributed by atoms with E-state index in [1.807, 2.05) is 65.6 Å². The quantitative estimate of drug-likeness (QED) is 0.391. The fraction of sp³-hybridized carbons (Fsp3) is 0.639. The summed E-state index contributed by atoms with van der Waals surface area (Å²) in [4.78, 5) is 15.6. The molecule has 4 aliphatic carbocycles. The summed E-state index contributed by atoms with van der Waals surface area (Å²) in [5.41, 5.74) is 2.34. The van der Waals surface area contributed by atoms with Crippen LogP contribution in [0.15, 0.2) is 60.7 Å². The second-order valence-electron chi connectivity index (χ2n) is 14.4.